The minimum absolute atomic E-state index is 0.0265. The number of hydrogen-bond donors (Lipinski definition) is 1. The zero-order valence-corrected chi connectivity index (χ0v) is 16.6. The van der Waals surface area contributed by atoms with Gasteiger partial charge < -0.3 is 19.7 Å². The van der Waals surface area contributed by atoms with Gasteiger partial charge in [0.1, 0.15) is 12.4 Å². The second-order valence-electron chi connectivity index (χ2n) is 6.95. The van der Waals surface area contributed by atoms with Crippen LogP contribution in [0.15, 0.2) is 54.6 Å². The standard InChI is InChI=1S/C22H29N3O3/c1-18(24(2)12-17-28-21-6-4-3-5-7-21)22(26)23-19-8-10-20(11-9-19)25-13-15-27-16-14-25/h3-11,18H,12-17H2,1-2H3,(H,23,26). The normalized spacial score (nSPS) is 15.3. The zero-order chi connectivity index (χ0) is 19.8. The lowest BCUT2D eigenvalue weighted by atomic mass is 10.2. The Morgan fingerprint density at radius 2 is 1.82 bits per heavy atom. The second-order valence-corrected chi connectivity index (χ2v) is 6.95. The number of morpholine rings is 1. The number of rotatable bonds is 8. The van der Waals surface area contributed by atoms with Crippen molar-refractivity contribution in [2.45, 2.75) is 13.0 Å². The summed E-state index contributed by atoms with van der Waals surface area (Å²) >= 11 is 0. The molecule has 6 heteroatoms. The maximum atomic E-state index is 12.6. The minimum Gasteiger partial charge on any atom is -0.492 e. The van der Waals surface area contributed by atoms with Crippen molar-refractivity contribution in [3.05, 3.63) is 54.6 Å². The van der Waals surface area contributed by atoms with Gasteiger partial charge in [-0.25, -0.2) is 0 Å². The SMILES string of the molecule is CC(C(=O)Nc1ccc(N2CCOCC2)cc1)N(C)CCOc1ccccc1. The van der Waals surface area contributed by atoms with Crippen LogP contribution in [0.25, 0.3) is 0 Å². The van der Waals surface area contributed by atoms with Gasteiger partial charge in [-0.3, -0.25) is 9.69 Å². The number of ether oxygens (including phenoxy) is 2. The maximum absolute atomic E-state index is 12.6. The molecule has 6 nitrogen and oxygen atoms in total. The van der Waals surface area contributed by atoms with Crippen LogP contribution in [0.1, 0.15) is 6.92 Å². The summed E-state index contributed by atoms with van der Waals surface area (Å²) in [4.78, 5) is 16.8. The van der Waals surface area contributed by atoms with Crippen LogP contribution >= 0.6 is 0 Å². The Morgan fingerprint density at radius 3 is 2.50 bits per heavy atom. The molecule has 3 rings (SSSR count). The van der Waals surface area contributed by atoms with E-state index in [1.54, 1.807) is 0 Å². The van der Waals surface area contributed by atoms with Gasteiger partial charge in [0.05, 0.1) is 19.3 Å². The van der Waals surface area contributed by atoms with Gasteiger partial charge in [-0.1, -0.05) is 18.2 Å². The molecule has 28 heavy (non-hydrogen) atoms. The molecular weight excluding hydrogens is 354 g/mol. The lowest BCUT2D eigenvalue weighted by molar-refractivity contribution is -0.120. The fraction of sp³-hybridized carbons (Fsp3) is 0.409. The zero-order valence-electron chi connectivity index (χ0n) is 16.6. The number of para-hydroxylation sites is 1. The molecule has 0 saturated carbocycles. The average Bonchev–Trinajstić information content (AvgIpc) is 2.75. The Balaban J connectivity index is 1.45. The Morgan fingerprint density at radius 1 is 1.14 bits per heavy atom. The van der Waals surface area contributed by atoms with Gasteiger partial charge in [0.2, 0.25) is 5.91 Å². The molecule has 0 radical (unpaired) electrons. The Hall–Kier alpha value is -2.57. The molecule has 1 heterocycles. The lowest BCUT2D eigenvalue weighted by Crippen LogP contribution is -2.41. The Bertz CT molecular complexity index is 730. The third kappa shape index (κ3) is 5.71. The molecule has 1 fully saturated rings. The first kappa shape index (κ1) is 20.2. The number of nitrogens with zero attached hydrogens (tertiary/aromatic N) is 2. The van der Waals surface area contributed by atoms with E-state index in [0.717, 1.165) is 43.4 Å². The summed E-state index contributed by atoms with van der Waals surface area (Å²) in [5, 5.41) is 3.00. The summed E-state index contributed by atoms with van der Waals surface area (Å²) in [7, 11) is 1.93. The van der Waals surface area contributed by atoms with Crippen LogP contribution in [0.3, 0.4) is 0 Å². The van der Waals surface area contributed by atoms with E-state index in [0.29, 0.717) is 13.2 Å². The molecule has 0 bridgehead atoms. The van der Waals surface area contributed by atoms with Crippen molar-refractivity contribution in [1.29, 1.82) is 0 Å². The van der Waals surface area contributed by atoms with Crippen LogP contribution in [0.5, 0.6) is 5.75 Å². The highest BCUT2D eigenvalue weighted by molar-refractivity contribution is 5.94. The van der Waals surface area contributed by atoms with Crippen molar-refractivity contribution in [3.63, 3.8) is 0 Å². The third-order valence-electron chi connectivity index (χ3n) is 5.01. The van der Waals surface area contributed by atoms with Gasteiger partial charge in [-0.2, -0.15) is 0 Å². The highest BCUT2D eigenvalue weighted by atomic mass is 16.5. The summed E-state index contributed by atoms with van der Waals surface area (Å²) in [6, 6.07) is 17.4. The fourth-order valence-electron chi connectivity index (χ4n) is 3.04. The molecule has 1 aliphatic rings. The number of hydrogen-bond acceptors (Lipinski definition) is 5. The summed E-state index contributed by atoms with van der Waals surface area (Å²) in [5.41, 5.74) is 1.97. The smallest absolute Gasteiger partial charge is 0.241 e. The molecule has 1 N–H and O–H groups in total. The molecule has 1 aliphatic heterocycles. The molecular formula is C22H29N3O3. The van der Waals surface area contributed by atoms with Gasteiger partial charge in [0, 0.05) is 31.0 Å². The lowest BCUT2D eigenvalue weighted by Gasteiger charge is -2.29. The summed E-state index contributed by atoms with van der Waals surface area (Å²) in [6.07, 6.45) is 0. The van der Waals surface area contributed by atoms with Gasteiger partial charge in [0.25, 0.3) is 0 Å². The van der Waals surface area contributed by atoms with Crippen molar-refractivity contribution in [3.8, 4) is 5.75 Å². The summed E-state index contributed by atoms with van der Waals surface area (Å²) in [6.45, 7) is 6.43. The van der Waals surface area contributed by atoms with Crippen molar-refractivity contribution >= 4 is 17.3 Å². The number of amides is 1. The number of benzene rings is 2. The Kier molecular flexibility index (Phi) is 7.28. The van der Waals surface area contributed by atoms with Crippen LogP contribution in [-0.4, -0.2) is 63.4 Å². The van der Waals surface area contributed by atoms with E-state index in [9.17, 15) is 4.79 Å². The first-order valence-corrected chi connectivity index (χ1v) is 9.75. The molecule has 0 spiro atoms. The number of carbonyl (C=O) groups excluding carboxylic acids is 1. The quantitative estimate of drug-likeness (QED) is 0.760. The van der Waals surface area contributed by atoms with Crippen LogP contribution < -0.4 is 15.0 Å². The highest BCUT2D eigenvalue weighted by Gasteiger charge is 2.18. The Labute approximate surface area is 167 Å². The topological polar surface area (TPSA) is 54.0 Å². The number of anilines is 2. The highest BCUT2D eigenvalue weighted by Crippen LogP contribution is 2.19. The number of likely N-dealkylation sites (N-methyl/N-ethyl adjacent to an activating group) is 1. The van der Waals surface area contributed by atoms with E-state index in [1.165, 1.54) is 0 Å². The van der Waals surface area contributed by atoms with E-state index in [2.05, 4.69) is 10.2 Å². The molecule has 150 valence electrons. The van der Waals surface area contributed by atoms with Crippen molar-refractivity contribution in [1.82, 2.24) is 4.90 Å². The number of nitrogens with one attached hydrogen (secondary N) is 1. The molecule has 2 aromatic carbocycles. The first-order chi connectivity index (χ1) is 13.6. The van der Waals surface area contributed by atoms with Gasteiger partial charge in [-0.05, 0) is 50.4 Å². The van der Waals surface area contributed by atoms with E-state index < -0.39 is 0 Å². The molecule has 1 amide bonds. The molecule has 0 aliphatic carbocycles. The second kappa shape index (κ2) is 10.1. The summed E-state index contributed by atoms with van der Waals surface area (Å²) in [5.74, 6) is 0.815. The van der Waals surface area contributed by atoms with Gasteiger partial charge in [-0.15, -0.1) is 0 Å². The maximum Gasteiger partial charge on any atom is 0.241 e. The molecule has 0 aromatic heterocycles. The van der Waals surface area contributed by atoms with Crippen molar-refractivity contribution in [2.75, 3.05) is 56.7 Å². The van der Waals surface area contributed by atoms with E-state index >= 15 is 0 Å². The van der Waals surface area contributed by atoms with Crippen molar-refractivity contribution in [2.24, 2.45) is 0 Å². The molecule has 2 aromatic rings. The predicted molar refractivity (Wildman–Crippen MR) is 112 cm³/mol. The van der Waals surface area contributed by atoms with E-state index in [-0.39, 0.29) is 11.9 Å². The van der Waals surface area contributed by atoms with E-state index in [1.807, 2.05) is 73.5 Å². The molecule has 1 atom stereocenters. The van der Waals surface area contributed by atoms with Crippen LogP contribution in [0, 0.1) is 0 Å². The third-order valence-corrected chi connectivity index (χ3v) is 5.01. The minimum atomic E-state index is -0.252. The van der Waals surface area contributed by atoms with Crippen LogP contribution in [0.4, 0.5) is 11.4 Å². The first-order valence-electron chi connectivity index (χ1n) is 9.75. The molecule has 1 unspecified atom stereocenters. The van der Waals surface area contributed by atoms with Crippen LogP contribution in [-0.2, 0) is 9.53 Å². The number of carbonyl (C=O) groups is 1. The van der Waals surface area contributed by atoms with Crippen LogP contribution in [0.2, 0.25) is 0 Å². The van der Waals surface area contributed by atoms with E-state index in [4.69, 9.17) is 9.47 Å². The summed E-state index contributed by atoms with van der Waals surface area (Å²) < 4.78 is 11.1. The largest absolute Gasteiger partial charge is 0.492 e. The monoisotopic (exact) mass is 383 g/mol. The van der Waals surface area contributed by atoms with Gasteiger partial charge in [0.15, 0.2) is 0 Å². The van der Waals surface area contributed by atoms with Gasteiger partial charge >= 0.3 is 0 Å². The fourth-order valence-corrected chi connectivity index (χ4v) is 3.04. The average molecular weight is 383 g/mol. The predicted octanol–water partition coefficient (Wildman–Crippen LogP) is 2.86. The molecule has 1 saturated heterocycles. The van der Waals surface area contributed by atoms with Crippen molar-refractivity contribution < 1.29 is 14.3 Å².